The highest BCUT2D eigenvalue weighted by atomic mass is 16.5. The van der Waals surface area contributed by atoms with Gasteiger partial charge in [-0.15, -0.1) is 0 Å². The molecule has 2 aromatic carbocycles. The third kappa shape index (κ3) is 3.24. The summed E-state index contributed by atoms with van der Waals surface area (Å²) in [5.74, 6) is 0.00709. The molecule has 21 heavy (non-hydrogen) atoms. The van der Waals surface area contributed by atoms with E-state index < -0.39 is 5.97 Å². The molecule has 0 radical (unpaired) electrons. The lowest BCUT2D eigenvalue weighted by atomic mass is 10.0. The zero-order valence-electron chi connectivity index (χ0n) is 12.9. The molecule has 0 fully saturated rings. The van der Waals surface area contributed by atoms with Gasteiger partial charge >= 0.3 is 5.97 Å². The minimum Gasteiger partial charge on any atom is -0.488 e. The summed E-state index contributed by atoms with van der Waals surface area (Å²) < 4.78 is 5.97. The van der Waals surface area contributed by atoms with Gasteiger partial charge in [-0.1, -0.05) is 18.2 Å². The fourth-order valence-corrected chi connectivity index (χ4v) is 2.29. The molecule has 110 valence electrons. The largest absolute Gasteiger partial charge is 0.488 e. The van der Waals surface area contributed by atoms with E-state index in [2.05, 4.69) is 26.0 Å². The summed E-state index contributed by atoms with van der Waals surface area (Å²) in [5, 5.41) is 8.98. The smallest absolute Gasteiger partial charge is 0.335 e. The molecule has 0 aliphatic heterocycles. The first-order valence-corrected chi connectivity index (χ1v) is 6.92. The molecular weight excluding hydrogens is 264 g/mol. The summed E-state index contributed by atoms with van der Waals surface area (Å²) in [4.78, 5) is 10.9. The SMILES string of the molecule is Cc1cc(C(=O)O)ccc1COc1c(C)ccc(C)c1C. The van der Waals surface area contributed by atoms with Crippen molar-refractivity contribution in [2.24, 2.45) is 0 Å². The second kappa shape index (κ2) is 6.00. The van der Waals surface area contributed by atoms with Crippen molar-refractivity contribution in [1.82, 2.24) is 0 Å². The molecule has 2 aromatic rings. The first-order chi connectivity index (χ1) is 9.90. The Bertz CT molecular complexity index is 687. The normalized spacial score (nSPS) is 10.5. The van der Waals surface area contributed by atoms with Gasteiger partial charge in [0.15, 0.2) is 0 Å². The topological polar surface area (TPSA) is 46.5 Å². The first kappa shape index (κ1) is 15.1. The van der Waals surface area contributed by atoms with Crippen molar-refractivity contribution in [1.29, 1.82) is 0 Å². The van der Waals surface area contributed by atoms with E-state index in [-0.39, 0.29) is 0 Å². The molecule has 0 heterocycles. The van der Waals surface area contributed by atoms with Crippen molar-refractivity contribution < 1.29 is 14.6 Å². The van der Waals surface area contributed by atoms with Crippen LogP contribution in [0.4, 0.5) is 0 Å². The van der Waals surface area contributed by atoms with Gasteiger partial charge in [0.2, 0.25) is 0 Å². The standard InChI is InChI=1S/C18H20O3/c1-11-5-6-12(2)17(14(11)4)21-10-16-8-7-15(18(19)20)9-13(16)3/h5-9H,10H2,1-4H3,(H,19,20). The van der Waals surface area contributed by atoms with Crippen molar-refractivity contribution in [3.8, 4) is 5.75 Å². The quantitative estimate of drug-likeness (QED) is 0.915. The van der Waals surface area contributed by atoms with E-state index in [1.165, 1.54) is 5.56 Å². The molecule has 2 rings (SSSR count). The van der Waals surface area contributed by atoms with Crippen molar-refractivity contribution in [2.75, 3.05) is 0 Å². The number of hydrogen-bond donors (Lipinski definition) is 1. The van der Waals surface area contributed by atoms with Gasteiger partial charge in [0.25, 0.3) is 0 Å². The average Bonchev–Trinajstić information content (AvgIpc) is 2.44. The van der Waals surface area contributed by atoms with Crippen LogP contribution in [0, 0.1) is 27.7 Å². The molecule has 0 bridgehead atoms. The Morgan fingerprint density at radius 3 is 2.29 bits per heavy atom. The van der Waals surface area contributed by atoms with Crippen molar-refractivity contribution >= 4 is 5.97 Å². The van der Waals surface area contributed by atoms with E-state index in [0.29, 0.717) is 12.2 Å². The number of carboxylic acids is 1. The maximum Gasteiger partial charge on any atom is 0.335 e. The molecule has 3 heteroatoms. The number of hydrogen-bond acceptors (Lipinski definition) is 2. The lowest BCUT2D eigenvalue weighted by Crippen LogP contribution is -2.03. The Hall–Kier alpha value is -2.29. The van der Waals surface area contributed by atoms with Crippen LogP contribution in [0.15, 0.2) is 30.3 Å². The summed E-state index contributed by atoms with van der Waals surface area (Å²) in [5.41, 5.74) is 5.69. The minimum atomic E-state index is -0.907. The molecule has 0 aliphatic carbocycles. The highest BCUT2D eigenvalue weighted by molar-refractivity contribution is 5.87. The van der Waals surface area contributed by atoms with Crippen LogP contribution in [-0.2, 0) is 6.61 Å². The van der Waals surface area contributed by atoms with Crippen LogP contribution < -0.4 is 4.74 Å². The monoisotopic (exact) mass is 284 g/mol. The maximum atomic E-state index is 10.9. The van der Waals surface area contributed by atoms with Gasteiger partial charge < -0.3 is 9.84 Å². The van der Waals surface area contributed by atoms with E-state index in [1.807, 2.05) is 19.9 Å². The molecule has 0 atom stereocenters. The van der Waals surface area contributed by atoms with E-state index in [0.717, 1.165) is 28.0 Å². The second-order valence-electron chi connectivity index (χ2n) is 5.39. The Morgan fingerprint density at radius 2 is 1.67 bits per heavy atom. The van der Waals surface area contributed by atoms with Gasteiger partial charge in [-0.3, -0.25) is 0 Å². The third-order valence-electron chi connectivity index (χ3n) is 3.84. The molecule has 0 aliphatic rings. The van der Waals surface area contributed by atoms with Gasteiger partial charge in [0, 0.05) is 0 Å². The number of rotatable bonds is 4. The average molecular weight is 284 g/mol. The maximum absolute atomic E-state index is 10.9. The molecule has 0 aromatic heterocycles. The molecule has 0 saturated carbocycles. The first-order valence-electron chi connectivity index (χ1n) is 6.92. The fourth-order valence-electron chi connectivity index (χ4n) is 2.29. The molecular formula is C18H20O3. The number of carbonyl (C=O) groups is 1. The number of aromatic carboxylic acids is 1. The minimum absolute atomic E-state index is 0.305. The van der Waals surface area contributed by atoms with E-state index in [1.54, 1.807) is 12.1 Å². The highest BCUT2D eigenvalue weighted by Gasteiger charge is 2.09. The van der Waals surface area contributed by atoms with Crippen molar-refractivity contribution in [2.45, 2.75) is 34.3 Å². The van der Waals surface area contributed by atoms with Gasteiger partial charge in [0.05, 0.1) is 5.56 Å². The summed E-state index contributed by atoms with van der Waals surface area (Å²) in [6.07, 6.45) is 0. The van der Waals surface area contributed by atoms with Crippen LogP contribution in [0.25, 0.3) is 0 Å². The zero-order chi connectivity index (χ0) is 15.6. The number of ether oxygens (including phenoxy) is 1. The van der Waals surface area contributed by atoms with E-state index in [4.69, 9.17) is 9.84 Å². The van der Waals surface area contributed by atoms with Gasteiger partial charge in [-0.25, -0.2) is 4.79 Å². The summed E-state index contributed by atoms with van der Waals surface area (Å²) >= 11 is 0. The Balaban J connectivity index is 2.21. The summed E-state index contributed by atoms with van der Waals surface area (Å²) in [7, 11) is 0. The highest BCUT2D eigenvalue weighted by Crippen LogP contribution is 2.27. The molecule has 0 spiro atoms. The van der Waals surface area contributed by atoms with Crippen LogP contribution in [0.3, 0.4) is 0 Å². The Labute approximate surface area is 125 Å². The lowest BCUT2D eigenvalue weighted by molar-refractivity contribution is 0.0696. The van der Waals surface area contributed by atoms with Crippen LogP contribution in [0.5, 0.6) is 5.75 Å². The second-order valence-corrected chi connectivity index (χ2v) is 5.39. The lowest BCUT2D eigenvalue weighted by Gasteiger charge is -2.15. The Kier molecular flexibility index (Phi) is 4.32. The number of carboxylic acid groups (broad SMARTS) is 1. The van der Waals surface area contributed by atoms with Crippen LogP contribution in [0.1, 0.15) is 38.2 Å². The molecule has 0 saturated heterocycles. The predicted octanol–water partition coefficient (Wildman–Crippen LogP) is 4.20. The fraction of sp³-hybridized carbons (Fsp3) is 0.278. The predicted molar refractivity (Wildman–Crippen MR) is 83.1 cm³/mol. The van der Waals surface area contributed by atoms with Crippen LogP contribution in [0.2, 0.25) is 0 Å². The summed E-state index contributed by atoms with van der Waals surface area (Å²) in [6.45, 7) is 8.49. The number of aryl methyl sites for hydroxylation is 3. The van der Waals surface area contributed by atoms with Crippen molar-refractivity contribution in [3.63, 3.8) is 0 Å². The van der Waals surface area contributed by atoms with Crippen molar-refractivity contribution in [3.05, 3.63) is 63.7 Å². The van der Waals surface area contributed by atoms with E-state index >= 15 is 0 Å². The van der Waals surface area contributed by atoms with Crippen LogP contribution >= 0.6 is 0 Å². The van der Waals surface area contributed by atoms with Gasteiger partial charge in [-0.05, 0) is 67.6 Å². The van der Waals surface area contributed by atoms with E-state index in [9.17, 15) is 4.79 Å². The molecule has 0 unspecified atom stereocenters. The van der Waals surface area contributed by atoms with Gasteiger partial charge in [0.1, 0.15) is 12.4 Å². The number of benzene rings is 2. The Morgan fingerprint density at radius 1 is 1.00 bits per heavy atom. The zero-order valence-corrected chi connectivity index (χ0v) is 12.9. The summed E-state index contributed by atoms with van der Waals surface area (Å²) in [6, 6.07) is 9.25. The van der Waals surface area contributed by atoms with Gasteiger partial charge in [-0.2, -0.15) is 0 Å². The third-order valence-corrected chi connectivity index (χ3v) is 3.84. The molecule has 1 N–H and O–H groups in total. The molecule has 0 amide bonds. The van der Waals surface area contributed by atoms with Crippen LogP contribution in [-0.4, -0.2) is 11.1 Å². The molecule has 3 nitrogen and oxygen atoms in total.